The number of aliphatic hydroxyl groups excluding tert-OH is 1. The Labute approximate surface area is 120 Å². The standard InChI is InChI=1S/C14H14N2O5/c1-20-13-6-10(8-17)12(16(18)19)7-14(13)21-9-11-4-2-3-5-15-11/h2-7,17H,8-9H2,1H3. The van der Waals surface area contributed by atoms with E-state index in [0.717, 1.165) is 0 Å². The fourth-order valence-electron chi connectivity index (χ4n) is 1.80. The minimum atomic E-state index is -0.571. The quantitative estimate of drug-likeness (QED) is 0.646. The minimum Gasteiger partial charge on any atom is -0.493 e. The third kappa shape index (κ3) is 3.46. The first kappa shape index (κ1) is 14.7. The first-order valence-electron chi connectivity index (χ1n) is 6.14. The molecule has 7 nitrogen and oxygen atoms in total. The van der Waals surface area contributed by atoms with E-state index in [2.05, 4.69) is 4.98 Å². The van der Waals surface area contributed by atoms with Gasteiger partial charge in [-0.15, -0.1) is 0 Å². The molecule has 0 saturated carbocycles. The number of nitro benzene ring substituents is 1. The highest BCUT2D eigenvalue weighted by Crippen LogP contribution is 2.35. The zero-order valence-corrected chi connectivity index (χ0v) is 11.4. The Bertz CT molecular complexity index is 631. The first-order valence-corrected chi connectivity index (χ1v) is 6.14. The van der Waals surface area contributed by atoms with Crippen LogP contribution in [0.2, 0.25) is 0 Å². The highest BCUT2D eigenvalue weighted by molar-refractivity contribution is 5.54. The number of pyridine rings is 1. The summed E-state index contributed by atoms with van der Waals surface area (Å²) in [4.78, 5) is 14.5. The summed E-state index contributed by atoms with van der Waals surface area (Å²) in [5.41, 5.74) is 0.643. The van der Waals surface area contributed by atoms with Crippen molar-refractivity contribution in [2.75, 3.05) is 7.11 Å². The van der Waals surface area contributed by atoms with Crippen molar-refractivity contribution in [3.8, 4) is 11.5 Å². The van der Waals surface area contributed by atoms with Crippen LogP contribution in [0.15, 0.2) is 36.5 Å². The Balaban J connectivity index is 2.29. The molecule has 0 bridgehead atoms. The molecule has 0 atom stereocenters. The number of rotatable bonds is 6. The van der Waals surface area contributed by atoms with E-state index in [4.69, 9.17) is 9.47 Å². The van der Waals surface area contributed by atoms with Gasteiger partial charge in [-0.1, -0.05) is 6.07 Å². The maximum absolute atomic E-state index is 11.0. The van der Waals surface area contributed by atoms with E-state index in [1.165, 1.54) is 19.2 Å². The fourth-order valence-corrected chi connectivity index (χ4v) is 1.80. The van der Waals surface area contributed by atoms with Crippen molar-refractivity contribution >= 4 is 5.69 Å². The van der Waals surface area contributed by atoms with Crippen LogP contribution in [0.25, 0.3) is 0 Å². The molecule has 1 heterocycles. The summed E-state index contributed by atoms with van der Waals surface area (Å²) in [5, 5.41) is 20.2. The fraction of sp³-hybridized carbons (Fsp3) is 0.214. The topological polar surface area (TPSA) is 94.7 Å². The van der Waals surface area contributed by atoms with E-state index >= 15 is 0 Å². The molecule has 0 radical (unpaired) electrons. The third-order valence-electron chi connectivity index (χ3n) is 2.83. The number of hydrogen-bond donors (Lipinski definition) is 1. The second kappa shape index (κ2) is 6.67. The molecule has 1 N–H and O–H groups in total. The molecule has 0 aliphatic heterocycles. The van der Waals surface area contributed by atoms with Crippen LogP contribution >= 0.6 is 0 Å². The minimum absolute atomic E-state index is 0.160. The SMILES string of the molecule is COc1cc(CO)c([N+](=O)[O-])cc1OCc1ccccn1. The van der Waals surface area contributed by atoms with Crippen molar-refractivity contribution in [2.24, 2.45) is 0 Å². The van der Waals surface area contributed by atoms with Gasteiger partial charge in [-0.3, -0.25) is 15.1 Å². The van der Waals surface area contributed by atoms with E-state index in [0.29, 0.717) is 11.4 Å². The van der Waals surface area contributed by atoms with Crippen molar-refractivity contribution in [3.63, 3.8) is 0 Å². The van der Waals surface area contributed by atoms with Crippen LogP contribution in [0.4, 0.5) is 5.69 Å². The number of benzene rings is 1. The van der Waals surface area contributed by atoms with Crippen molar-refractivity contribution in [1.29, 1.82) is 0 Å². The van der Waals surface area contributed by atoms with Gasteiger partial charge in [-0.2, -0.15) is 0 Å². The van der Waals surface area contributed by atoms with Crippen LogP contribution in [0.5, 0.6) is 11.5 Å². The molecule has 7 heteroatoms. The Kier molecular flexibility index (Phi) is 4.68. The Morgan fingerprint density at radius 3 is 2.71 bits per heavy atom. The van der Waals surface area contributed by atoms with Crippen LogP contribution in [0.3, 0.4) is 0 Å². The summed E-state index contributed by atoms with van der Waals surface area (Å²) in [7, 11) is 1.43. The molecule has 110 valence electrons. The molecule has 0 fully saturated rings. The molecule has 0 amide bonds. The molecule has 1 aromatic heterocycles. The molecular formula is C14H14N2O5. The number of aromatic nitrogens is 1. The lowest BCUT2D eigenvalue weighted by Gasteiger charge is -2.12. The zero-order valence-electron chi connectivity index (χ0n) is 11.4. The highest BCUT2D eigenvalue weighted by Gasteiger charge is 2.19. The van der Waals surface area contributed by atoms with Crippen molar-refractivity contribution in [3.05, 3.63) is 57.9 Å². The Morgan fingerprint density at radius 2 is 2.14 bits per heavy atom. The smallest absolute Gasteiger partial charge is 0.278 e. The van der Waals surface area contributed by atoms with Gasteiger partial charge in [0.1, 0.15) is 6.61 Å². The normalized spacial score (nSPS) is 10.2. The van der Waals surface area contributed by atoms with Gasteiger partial charge in [0.25, 0.3) is 5.69 Å². The molecule has 0 spiro atoms. The number of nitro groups is 1. The van der Waals surface area contributed by atoms with Crippen LogP contribution in [0, 0.1) is 10.1 Å². The molecule has 0 aliphatic rings. The number of nitrogens with zero attached hydrogens (tertiary/aromatic N) is 2. The summed E-state index contributed by atoms with van der Waals surface area (Å²) in [5.74, 6) is 0.549. The average Bonchev–Trinajstić information content (AvgIpc) is 2.52. The molecule has 0 aliphatic carbocycles. The highest BCUT2D eigenvalue weighted by atomic mass is 16.6. The lowest BCUT2D eigenvalue weighted by Crippen LogP contribution is -2.02. The maximum atomic E-state index is 11.0. The second-order valence-corrected chi connectivity index (χ2v) is 4.16. The maximum Gasteiger partial charge on any atom is 0.278 e. The summed E-state index contributed by atoms with van der Waals surface area (Å²) in [6, 6.07) is 8.02. The van der Waals surface area contributed by atoms with Gasteiger partial charge in [0.2, 0.25) is 0 Å². The van der Waals surface area contributed by atoms with E-state index in [1.807, 2.05) is 6.07 Å². The van der Waals surface area contributed by atoms with E-state index in [-0.39, 0.29) is 23.6 Å². The Morgan fingerprint density at radius 1 is 1.33 bits per heavy atom. The molecule has 0 saturated heterocycles. The summed E-state index contributed by atoms with van der Waals surface area (Å²) >= 11 is 0. The van der Waals surface area contributed by atoms with Gasteiger partial charge >= 0.3 is 0 Å². The van der Waals surface area contributed by atoms with Crippen molar-refractivity contribution < 1.29 is 19.5 Å². The second-order valence-electron chi connectivity index (χ2n) is 4.16. The molecule has 2 aromatic rings. The van der Waals surface area contributed by atoms with E-state index < -0.39 is 11.5 Å². The Hall–Kier alpha value is -2.67. The lowest BCUT2D eigenvalue weighted by atomic mass is 10.1. The van der Waals surface area contributed by atoms with Crippen LogP contribution in [-0.4, -0.2) is 22.1 Å². The van der Waals surface area contributed by atoms with Gasteiger partial charge in [0.05, 0.1) is 36.0 Å². The van der Waals surface area contributed by atoms with Gasteiger partial charge in [0.15, 0.2) is 11.5 Å². The number of hydrogen-bond acceptors (Lipinski definition) is 6. The van der Waals surface area contributed by atoms with Gasteiger partial charge in [-0.25, -0.2) is 0 Å². The zero-order chi connectivity index (χ0) is 15.2. The van der Waals surface area contributed by atoms with Crippen LogP contribution in [-0.2, 0) is 13.2 Å². The predicted molar refractivity (Wildman–Crippen MR) is 74.1 cm³/mol. The number of methoxy groups -OCH3 is 1. The average molecular weight is 290 g/mol. The summed E-state index contributed by atoms with van der Waals surface area (Å²) in [6.07, 6.45) is 1.63. The van der Waals surface area contributed by atoms with Crippen molar-refractivity contribution in [2.45, 2.75) is 13.2 Å². The number of ether oxygens (including phenoxy) is 2. The monoisotopic (exact) mass is 290 g/mol. The molecular weight excluding hydrogens is 276 g/mol. The summed E-state index contributed by atoms with van der Waals surface area (Å²) < 4.78 is 10.7. The van der Waals surface area contributed by atoms with Crippen LogP contribution < -0.4 is 9.47 Å². The van der Waals surface area contributed by atoms with Crippen LogP contribution in [0.1, 0.15) is 11.3 Å². The largest absolute Gasteiger partial charge is 0.493 e. The first-order chi connectivity index (χ1) is 10.2. The number of aliphatic hydroxyl groups is 1. The van der Waals surface area contributed by atoms with E-state index in [9.17, 15) is 15.2 Å². The van der Waals surface area contributed by atoms with Crippen molar-refractivity contribution in [1.82, 2.24) is 4.98 Å². The molecule has 21 heavy (non-hydrogen) atoms. The van der Waals surface area contributed by atoms with Gasteiger partial charge in [0, 0.05) is 6.20 Å². The van der Waals surface area contributed by atoms with E-state index in [1.54, 1.807) is 18.3 Å². The molecule has 2 rings (SSSR count). The molecule has 0 unspecified atom stereocenters. The molecule has 1 aromatic carbocycles. The van der Waals surface area contributed by atoms with Gasteiger partial charge in [-0.05, 0) is 18.2 Å². The summed E-state index contributed by atoms with van der Waals surface area (Å²) in [6.45, 7) is -0.292. The predicted octanol–water partition coefficient (Wildman–Crippen LogP) is 2.07. The van der Waals surface area contributed by atoms with Gasteiger partial charge < -0.3 is 14.6 Å². The third-order valence-corrected chi connectivity index (χ3v) is 2.83. The lowest BCUT2D eigenvalue weighted by molar-refractivity contribution is -0.386.